The van der Waals surface area contributed by atoms with Gasteiger partial charge in [-0.3, -0.25) is 4.79 Å². The van der Waals surface area contributed by atoms with Crippen LogP contribution in [0.3, 0.4) is 0 Å². The Kier molecular flexibility index (Phi) is 2.72. The van der Waals surface area contributed by atoms with Gasteiger partial charge in [0.05, 0.1) is 0 Å². The third-order valence-electron chi connectivity index (χ3n) is 1.09. The standard InChI is InChI=1S/C5H8O2S2/c6-5(7)4-3-8-1-2-9-4/h4H,1-3H2,(H,6,7). The van der Waals surface area contributed by atoms with E-state index >= 15 is 0 Å². The van der Waals surface area contributed by atoms with Crippen molar-refractivity contribution in [3.8, 4) is 0 Å². The van der Waals surface area contributed by atoms with Crippen LogP contribution in [0.4, 0.5) is 0 Å². The maximum absolute atomic E-state index is 10.3. The fourth-order valence-electron chi connectivity index (χ4n) is 0.630. The molecule has 0 aromatic heterocycles. The molecule has 1 N–H and O–H groups in total. The largest absolute Gasteiger partial charge is 0.480 e. The van der Waals surface area contributed by atoms with Gasteiger partial charge in [-0.25, -0.2) is 0 Å². The van der Waals surface area contributed by atoms with Crippen LogP contribution < -0.4 is 0 Å². The maximum Gasteiger partial charge on any atom is 0.317 e. The number of carboxylic acids is 1. The van der Waals surface area contributed by atoms with Gasteiger partial charge >= 0.3 is 5.97 Å². The van der Waals surface area contributed by atoms with E-state index in [4.69, 9.17) is 5.11 Å². The molecule has 1 saturated heterocycles. The third kappa shape index (κ3) is 2.10. The van der Waals surface area contributed by atoms with Crippen LogP contribution in [-0.4, -0.2) is 33.6 Å². The molecule has 2 nitrogen and oxygen atoms in total. The van der Waals surface area contributed by atoms with E-state index in [1.807, 2.05) is 0 Å². The second-order valence-electron chi connectivity index (χ2n) is 1.77. The van der Waals surface area contributed by atoms with Crippen molar-refractivity contribution in [2.75, 3.05) is 17.3 Å². The normalized spacial score (nSPS) is 27.8. The second-order valence-corrected chi connectivity index (χ2v) is 4.23. The highest BCUT2D eigenvalue weighted by Gasteiger charge is 2.20. The van der Waals surface area contributed by atoms with Crippen molar-refractivity contribution < 1.29 is 9.90 Å². The Labute approximate surface area is 62.4 Å². The molecule has 1 fully saturated rings. The van der Waals surface area contributed by atoms with Gasteiger partial charge in [-0.2, -0.15) is 11.8 Å². The summed E-state index contributed by atoms with van der Waals surface area (Å²) in [5, 5.41) is 8.35. The number of carbonyl (C=O) groups is 1. The molecule has 4 heteroatoms. The SMILES string of the molecule is O=C(O)C1CSCCS1. The van der Waals surface area contributed by atoms with Crippen LogP contribution in [0, 0.1) is 0 Å². The Morgan fingerprint density at radius 2 is 2.33 bits per heavy atom. The molecule has 1 atom stereocenters. The Balaban J connectivity index is 2.31. The minimum atomic E-state index is -0.660. The van der Waals surface area contributed by atoms with Gasteiger partial charge in [-0.05, 0) is 0 Å². The van der Waals surface area contributed by atoms with Crippen LogP contribution in [0.1, 0.15) is 0 Å². The van der Waals surface area contributed by atoms with Gasteiger partial charge in [-0.15, -0.1) is 11.8 Å². The van der Waals surface area contributed by atoms with Crippen LogP contribution in [0.25, 0.3) is 0 Å². The van der Waals surface area contributed by atoms with Gasteiger partial charge in [-0.1, -0.05) is 0 Å². The Bertz CT molecular complexity index is 110. The average Bonchev–Trinajstić information content (AvgIpc) is 1.90. The number of hydrogen-bond donors (Lipinski definition) is 1. The summed E-state index contributed by atoms with van der Waals surface area (Å²) < 4.78 is 0. The molecule has 9 heavy (non-hydrogen) atoms. The molecule has 0 amide bonds. The fraction of sp³-hybridized carbons (Fsp3) is 0.800. The van der Waals surface area contributed by atoms with E-state index in [0.29, 0.717) is 0 Å². The number of thioether (sulfide) groups is 2. The fourth-order valence-corrected chi connectivity index (χ4v) is 3.11. The summed E-state index contributed by atoms with van der Waals surface area (Å²) in [5.74, 6) is 2.21. The zero-order valence-electron chi connectivity index (χ0n) is 4.87. The summed E-state index contributed by atoms with van der Waals surface area (Å²) in [6.07, 6.45) is 0. The highest BCUT2D eigenvalue weighted by atomic mass is 32.2. The molecule has 1 rings (SSSR count). The molecule has 1 heterocycles. The topological polar surface area (TPSA) is 37.3 Å². The first-order valence-corrected chi connectivity index (χ1v) is 4.93. The first-order valence-electron chi connectivity index (χ1n) is 2.73. The lowest BCUT2D eigenvalue weighted by Gasteiger charge is -2.15. The number of hydrogen-bond acceptors (Lipinski definition) is 3. The van der Waals surface area contributed by atoms with E-state index in [1.165, 1.54) is 0 Å². The summed E-state index contributed by atoms with van der Waals surface area (Å²) in [4.78, 5) is 10.3. The summed E-state index contributed by atoms with van der Waals surface area (Å²) in [5.41, 5.74) is 0. The van der Waals surface area contributed by atoms with Crippen LogP contribution in [0.15, 0.2) is 0 Å². The molecular formula is C5H8O2S2. The molecular weight excluding hydrogens is 156 g/mol. The van der Waals surface area contributed by atoms with Gasteiger partial charge in [0, 0.05) is 17.3 Å². The van der Waals surface area contributed by atoms with Crippen LogP contribution in [0.5, 0.6) is 0 Å². The molecule has 1 aliphatic rings. The van der Waals surface area contributed by atoms with Crippen molar-refractivity contribution >= 4 is 29.5 Å². The summed E-state index contributed by atoms with van der Waals surface area (Å²) in [6, 6.07) is 0. The highest BCUT2D eigenvalue weighted by molar-refractivity contribution is 8.07. The van der Waals surface area contributed by atoms with E-state index in [-0.39, 0.29) is 5.25 Å². The molecule has 52 valence electrons. The predicted molar refractivity (Wildman–Crippen MR) is 41.2 cm³/mol. The van der Waals surface area contributed by atoms with Gasteiger partial charge in [0.1, 0.15) is 5.25 Å². The number of carboxylic acid groups (broad SMARTS) is 1. The van der Waals surface area contributed by atoms with Crippen molar-refractivity contribution in [2.45, 2.75) is 5.25 Å². The van der Waals surface area contributed by atoms with Crippen molar-refractivity contribution in [2.24, 2.45) is 0 Å². The third-order valence-corrected chi connectivity index (χ3v) is 3.83. The van der Waals surface area contributed by atoms with E-state index in [1.54, 1.807) is 23.5 Å². The summed E-state index contributed by atoms with van der Waals surface area (Å²) in [6.45, 7) is 0. The zero-order valence-corrected chi connectivity index (χ0v) is 6.50. The Morgan fingerprint density at radius 3 is 2.67 bits per heavy atom. The molecule has 0 aromatic carbocycles. The Hall–Kier alpha value is 0.170. The van der Waals surface area contributed by atoms with E-state index in [0.717, 1.165) is 17.3 Å². The predicted octanol–water partition coefficient (Wildman–Crippen LogP) is 0.920. The number of aliphatic carboxylic acids is 1. The average molecular weight is 164 g/mol. The molecule has 1 aliphatic heterocycles. The maximum atomic E-state index is 10.3. The van der Waals surface area contributed by atoms with Gasteiger partial charge in [0.15, 0.2) is 0 Å². The van der Waals surface area contributed by atoms with E-state index < -0.39 is 5.97 Å². The summed E-state index contributed by atoms with van der Waals surface area (Å²) >= 11 is 3.28. The quantitative estimate of drug-likeness (QED) is 0.625. The first kappa shape index (κ1) is 7.28. The van der Waals surface area contributed by atoms with E-state index in [9.17, 15) is 4.79 Å². The molecule has 0 spiro atoms. The van der Waals surface area contributed by atoms with Crippen LogP contribution in [0.2, 0.25) is 0 Å². The molecule has 0 aromatic rings. The zero-order chi connectivity index (χ0) is 6.69. The van der Waals surface area contributed by atoms with Gasteiger partial charge in [0.25, 0.3) is 0 Å². The lowest BCUT2D eigenvalue weighted by molar-refractivity contribution is -0.135. The van der Waals surface area contributed by atoms with Crippen LogP contribution in [-0.2, 0) is 4.79 Å². The smallest absolute Gasteiger partial charge is 0.317 e. The van der Waals surface area contributed by atoms with Crippen molar-refractivity contribution in [1.82, 2.24) is 0 Å². The van der Waals surface area contributed by atoms with Crippen molar-refractivity contribution in [3.63, 3.8) is 0 Å². The lowest BCUT2D eigenvalue weighted by atomic mass is 10.5. The second kappa shape index (κ2) is 3.37. The minimum absolute atomic E-state index is 0.149. The first-order chi connectivity index (χ1) is 4.30. The molecule has 0 aliphatic carbocycles. The lowest BCUT2D eigenvalue weighted by Crippen LogP contribution is -2.23. The Morgan fingerprint density at radius 1 is 1.56 bits per heavy atom. The minimum Gasteiger partial charge on any atom is -0.480 e. The van der Waals surface area contributed by atoms with Crippen LogP contribution >= 0.6 is 23.5 Å². The van der Waals surface area contributed by atoms with E-state index in [2.05, 4.69) is 0 Å². The molecule has 1 unspecified atom stereocenters. The monoisotopic (exact) mass is 164 g/mol. The highest BCUT2D eigenvalue weighted by Crippen LogP contribution is 2.23. The number of rotatable bonds is 1. The molecule has 0 radical (unpaired) electrons. The van der Waals surface area contributed by atoms with Crippen molar-refractivity contribution in [3.05, 3.63) is 0 Å². The summed E-state index contributed by atoms with van der Waals surface area (Å²) in [7, 11) is 0. The van der Waals surface area contributed by atoms with Gasteiger partial charge in [0.2, 0.25) is 0 Å². The molecule has 0 saturated carbocycles. The molecule has 0 bridgehead atoms. The van der Waals surface area contributed by atoms with Crippen molar-refractivity contribution in [1.29, 1.82) is 0 Å². The van der Waals surface area contributed by atoms with Gasteiger partial charge < -0.3 is 5.11 Å².